The van der Waals surface area contributed by atoms with Gasteiger partial charge in [-0.3, -0.25) is 14.2 Å². The number of carbonyl (C=O) groups is 1. The second-order valence-corrected chi connectivity index (χ2v) is 7.34. The van der Waals surface area contributed by atoms with Crippen molar-refractivity contribution >= 4 is 33.7 Å². The summed E-state index contributed by atoms with van der Waals surface area (Å²) in [6.07, 6.45) is 1.38. The number of rotatable bonds is 5. The van der Waals surface area contributed by atoms with Crippen molar-refractivity contribution < 1.29 is 13.9 Å². The normalized spacial score (nSPS) is 12.0. The zero-order valence-electron chi connectivity index (χ0n) is 17.2. The van der Waals surface area contributed by atoms with Crippen molar-refractivity contribution in [2.24, 2.45) is 0 Å². The van der Waals surface area contributed by atoms with Crippen LogP contribution in [0.3, 0.4) is 0 Å². The molecule has 158 valence electrons. The second-order valence-electron chi connectivity index (χ2n) is 7.34. The number of nitrogens with one attached hydrogen (secondary N) is 1. The molecule has 0 bridgehead atoms. The van der Waals surface area contributed by atoms with Crippen molar-refractivity contribution in [1.29, 1.82) is 0 Å². The summed E-state index contributed by atoms with van der Waals surface area (Å²) in [5.41, 5.74) is 1.40. The van der Waals surface area contributed by atoms with E-state index in [1.54, 1.807) is 37.3 Å². The first-order valence-corrected chi connectivity index (χ1v) is 10.1. The number of amides is 1. The summed E-state index contributed by atoms with van der Waals surface area (Å²) in [7, 11) is 0. The fourth-order valence-electron chi connectivity index (χ4n) is 3.47. The van der Waals surface area contributed by atoms with Crippen molar-refractivity contribution in [3.05, 3.63) is 95.5 Å². The molecule has 3 aromatic carbocycles. The van der Waals surface area contributed by atoms with E-state index in [9.17, 15) is 9.59 Å². The van der Waals surface area contributed by atoms with Gasteiger partial charge < -0.3 is 14.5 Å². The number of nitrogens with zero attached hydrogens (tertiary/aromatic N) is 2. The molecule has 7 nitrogen and oxygen atoms in total. The molecule has 0 spiro atoms. The molecule has 1 amide bonds. The topological polar surface area (TPSA) is 86.4 Å². The molecule has 1 atom stereocenters. The standard InChI is InChI=1S/C25H19N3O4/c1-16(28-15-26-22-20-9-5-6-10-21(20)32-23(22)25(28)30)24(29)27-17-11-13-19(14-12-17)31-18-7-3-2-4-8-18/h2-16H,1H3,(H,27,29). The van der Waals surface area contributed by atoms with E-state index in [-0.39, 0.29) is 11.5 Å². The molecule has 1 unspecified atom stereocenters. The quantitative estimate of drug-likeness (QED) is 0.422. The molecule has 0 aliphatic heterocycles. The monoisotopic (exact) mass is 425 g/mol. The molecule has 0 saturated heterocycles. The molecule has 0 radical (unpaired) electrons. The van der Waals surface area contributed by atoms with Gasteiger partial charge >= 0.3 is 0 Å². The summed E-state index contributed by atoms with van der Waals surface area (Å²) in [5, 5.41) is 3.59. The van der Waals surface area contributed by atoms with Crippen LogP contribution in [0.15, 0.2) is 94.4 Å². The van der Waals surface area contributed by atoms with Gasteiger partial charge in [-0.1, -0.05) is 30.3 Å². The highest BCUT2D eigenvalue weighted by molar-refractivity contribution is 6.02. The Morgan fingerprint density at radius 1 is 0.969 bits per heavy atom. The average molecular weight is 425 g/mol. The first-order chi connectivity index (χ1) is 15.6. The van der Waals surface area contributed by atoms with E-state index in [0.717, 1.165) is 11.1 Å². The van der Waals surface area contributed by atoms with E-state index in [2.05, 4.69) is 10.3 Å². The van der Waals surface area contributed by atoms with E-state index >= 15 is 0 Å². The Morgan fingerprint density at radius 3 is 2.44 bits per heavy atom. The molecular formula is C25H19N3O4. The molecule has 7 heteroatoms. The summed E-state index contributed by atoms with van der Waals surface area (Å²) < 4.78 is 12.7. The first kappa shape index (κ1) is 19.6. The Balaban J connectivity index is 1.34. The Bertz CT molecular complexity index is 1470. The van der Waals surface area contributed by atoms with Crippen LogP contribution in [-0.4, -0.2) is 15.5 Å². The number of fused-ring (bicyclic) bond motifs is 3. The minimum absolute atomic E-state index is 0.135. The van der Waals surface area contributed by atoms with Crippen LogP contribution >= 0.6 is 0 Å². The zero-order valence-corrected chi connectivity index (χ0v) is 17.2. The molecule has 0 saturated carbocycles. The number of para-hydroxylation sites is 2. The number of carbonyl (C=O) groups excluding carboxylic acids is 1. The molecule has 2 heterocycles. The van der Waals surface area contributed by atoms with Crippen molar-refractivity contribution in [2.75, 3.05) is 5.32 Å². The lowest BCUT2D eigenvalue weighted by atomic mass is 10.2. The summed E-state index contributed by atoms with van der Waals surface area (Å²) in [5.74, 6) is 1.03. The Morgan fingerprint density at radius 2 is 1.66 bits per heavy atom. The SMILES string of the molecule is CC(C(=O)Nc1ccc(Oc2ccccc2)cc1)n1cnc2c(oc3ccccc32)c1=O. The van der Waals surface area contributed by atoms with Crippen LogP contribution in [0.2, 0.25) is 0 Å². The fourth-order valence-corrected chi connectivity index (χ4v) is 3.47. The maximum absolute atomic E-state index is 12.9. The van der Waals surface area contributed by atoms with Gasteiger partial charge in [0.2, 0.25) is 11.5 Å². The lowest BCUT2D eigenvalue weighted by Gasteiger charge is -2.15. The molecule has 5 rings (SSSR count). The van der Waals surface area contributed by atoms with Crippen LogP contribution in [0, 0.1) is 0 Å². The number of aromatic nitrogens is 2. The Hall–Kier alpha value is -4.39. The number of ether oxygens (including phenoxy) is 1. The number of furan rings is 1. The van der Waals surface area contributed by atoms with E-state index < -0.39 is 11.6 Å². The summed E-state index contributed by atoms with van der Waals surface area (Å²) >= 11 is 0. The molecule has 0 aliphatic rings. The molecule has 2 aromatic heterocycles. The molecule has 1 N–H and O–H groups in total. The molecule has 0 aliphatic carbocycles. The number of benzene rings is 3. The second kappa shape index (κ2) is 8.03. The van der Waals surface area contributed by atoms with Crippen LogP contribution in [-0.2, 0) is 4.79 Å². The number of anilines is 1. The largest absolute Gasteiger partial charge is 0.457 e. The van der Waals surface area contributed by atoms with Crippen LogP contribution in [0.25, 0.3) is 22.1 Å². The van der Waals surface area contributed by atoms with Crippen molar-refractivity contribution in [2.45, 2.75) is 13.0 Å². The minimum Gasteiger partial charge on any atom is -0.457 e. The maximum Gasteiger partial charge on any atom is 0.297 e. The van der Waals surface area contributed by atoms with Crippen LogP contribution < -0.4 is 15.6 Å². The van der Waals surface area contributed by atoms with Crippen molar-refractivity contribution in [3.63, 3.8) is 0 Å². The van der Waals surface area contributed by atoms with E-state index in [1.165, 1.54) is 10.9 Å². The summed E-state index contributed by atoms with van der Waals surface area (Å²) in [6, 6.07) is 23.0. The van der Waals surface area contributed by atoms with Gasteiger partial charge in [0.15, 0.2) is 0 Å². The lowest BCUT2D eigenvalue weighted by Crippen LogP contribution is -2.31. The van der Waals surface area contributed by atoms with Crippen molar-refractivity contribution in [3.8, 4) is 11.5 Å². The van der Waals surface area contributed by atoms with Crippen LogP contribution in [0.5, 0.6) is 11.5 Å². The molecular weight excluding hydrogens is 406 g/mol. The third-order valence-electron chi connectivity index (χ3n) is 5.21. The first-order valence-electron chi connectivity index (χ1n) is 10.1. The number of hydrogen-bond acceptors (Lipinski definition) is 5. The maximum atomic E-state index is 12.9. The van der Waals surface area contributed by atoms with E-state index in [4.69, 9.17) is 9.15 Å². The third kappa shape index (κ3) is 3.60. The predicted molar refractivity (Wildman–Crippen MR) is 122 cm³/mol. The fraction of sp³-hybridized carbons (Fsp3) is 0.0800. The summed E-state index contributed by atoms with van der Waals surface area (Å²) in [6.45, 7) is 1.64. The Kier molecular flexibility index (Phi) is 4.91. The van der Waals surface area contributed by atoms with Gasteiger partial charge in [-0.2, -0.15) is 0 Å². The van der Waals surface area contributed by atoms with Gasteiger partial charge in [0.1, 0.15) is 28.6 Å². The highest BCUT2D eigenvalue weighted by Crippen LogP contribution is 2.25. The average Bonchev–Trinajstić information content (AvgIpc) is 3.21. The van der Waals surface area contributed by atoms with Gasteiger partial charge in [-0.15, -0.1) is 0 Å². The zero-order chi connectivity index (χ0) is 22.1. The Labute approximate surface area is 182 Å². The van der Waals surface area contributed by atoms with Gasteiger partial charge in [0, 0.05) is 11.1 Å². The molecule has 32 heavy (non-hydrogen) atoms. The van der Waals surface area contributed by atoms with Crippen LogP contribution in [0.4, 0.5) is 5.69 Å². The van der Waals surface area contributed by atoms with Crippen LogP contribution in [0.1, 0.15) is 13.0 Å². The highest BCUT2D eigenvalue weighted by Gasteiger charge is 2.20. The predicted octanol–water partition coefficient (Wildman–Crippen LogP) is 5.13. The molecule has 5 aromatic rings. The van der Waals surface area contributed by atoms with Gasteiger partial charge in [0.05, 0.1) is 6.33 Å². The highest BCUT2D eigenvalue weighted by atomic mass is 16.5. The smallest absolute Gasteiger partial charge is 0.297 e. The van der Waals surface area contributed by atoms with Crippen molar-refractivity contribution in [1.82, 2.24) is 9.55 Å². The van der Waals surface area contributed by atoms with E-state index in [0.29, 0.717) is 22.5 Å². The summed E-state index contributed by atoms with van der Waals surface area (Å²) in [4.78, 5) is 30.1. The lowest BCUT2D eigenvalue weighted by molar-refractivity contribution is -0.118. The minimum atomic E-state index is -0.784. The van der Waals surface area contributed by atoms with E-state index in [1.807, 2.05) is 48.5 Å². The number of hydrogen-bond donors (Lipinski definition) is 1. The molecule has 0 fully saturated rings. The van der Waals surface area contributed by atoms with Gasteiger partial charge in [0.25, 0.3) is 5.56 Å². The van der Waals surface area contributed by atoms with Gasteiger partial charge in [-0.05, 0) is 55.5 Å². The van der Waals surface area contributed by atoms with Gasteiger partial charge in [-0.25, -0.2) is 4.98 Å². The third-order valence-corrected chi connectivity index (χ3v) is 5.21.